The molecule has 2 heteroatoms. The molecule has 0 radical (unpaired) electrons. The molecule has 2 nitrogen and oxygen atoms in total. The van der Waals surface area contributed by atoms with Crippen LogP contribution in [0.4, 0.5) is 0 Å². The maximum absolute atomic E-state index is 11.9. The zero-order valence-electron chi connectivity index (χ0n) is 20.0. The van der Waals surface area contributed by atoms with E-state index < -0.39 is 5.60 Å². The van der Waals surface area contributed by atoms with E-state index in [0.29, 0.717) is 6.04 Å². The highest BCUT2D eigenvalue weighted by Gasteiger charge is 2.42. The molecule has 0 atom stereocenters. The van der Waals surface area contributed by atoms with Crippen LogP contribution in [0.3, 0.4) is 0 Å². The van der Waals surface area contributed by atoms with Gasteiger partial charge in [-0.3, -0.25) is 0 Å². The van der Waals surface area contributed by atoms with E-state index in [1.54, 1.807) is 0 Å². The van der Waals surface area contributed by atoms with Gasteiger partial charge in [0.1, 0.15) is 11.6 Å². The molecule has 0 saturated heterocycles. The van der Waals surface area contributed by atoms with Gasteiger partial charge in [0.05, 0.1) is 20.6 Å². The van der Waals surface area contributed by atoms with Gasteiger partial charge in [0.15, 0.2) is 0 Å². The monoisotopic (exact) mass is 446 g/mol. The molecule has 170 valence electrons. The van der Waals surface area contributed by atoms with Crippen LogP contribution in [0, 0.1) is 0 Å². The normalized spacial score (nSPS) is 15.5. The topological polar surface area (TPSA) is 20.2 Å². The molecule has 0 spiro atoms. The molecular formula is C32H32NO+. The SMILES string of the molecule is C[N+](C)(CCCCC1(O)c2ccccc2-c2ccccc21)C1c2ccccc2-c2ccccc21. The van der Waals surface area contributed by atoms with E-state index in [2.05, 4.69) is 99.0 Å². The highest BCUT2D eigenvalue weighted by atomic mass is 16.3. The van der Waals surface area contributed by atoms with Gasteiger partial charge in [0.25, 0.3) is 0 Å². The van der Waals surface area contributed by atoms with Gasteiger partial charge in [-0.15, -0.1) is 0 Å². The van der Waals surface area contributed by atoms with Crippen molar-refractivity contribution in [2.45, 2.75) is 30.9 Å². The summed E-state index contributed by atoms with van der Waals surface area (Å²) >= 11 is 0. The number of hydrogen-bond donors (Lipinski definition) is 1. The Balaban J connectivity index is 1.22. The Bertz CT molecular complexity index is 1280. The molecule has 1 N–H and O–H groups in total. The minimum atomic E-state index is -0.892. The summed E-state index contributed by atoms with van der Waals surface area (Å²) in [6.07, 6.45) is 2.80. The van der Waals surface area contributed by atoms with E-state index in [4.69, 9.17) is 0 Å². The van der Waals surface area contributed by atoms with Gasteiger partial charge in [-0.1, -0.05) is 97.1 Å². The Morgan fingerprint density at radius 2 is 1.06 bits per heavy atom. The summed E-state index contributed by atoms with van der Waals surface area (Å²) in [6.45, 7) is 1.06. The van der Waals surface area contributed by atoms with Gasteiger partial charge in [-0.2, -0.15) is 0 Å². The van der Waals surface area contributed by atoms with Crippen LogP contribution in [-0.4, -0.2) is 30.2 Å². The van der Waals surface area contributed by atoms with Crippen molar-refractivity contribution in [3.05, 3.63) is 119 Å². The lowest BCUT2D eigenvalue weighted by atomic mass is 9.86. The highest BCUT2D eigenvalue weighted by molar-refractivity contribution is 5.80. The molecule has 0 fully saturated rings. The van der Waals surface area contributed by atoms with Crippen LogP contribution in [0.1, 0.15) is 47.6 Å². The molecule has 0 saturated carbocycles. The smallest absolute Gasteiger partial charge is 0.141 e. The number of aliphatic hydroxyl groups is 1. The first-order chi connectivity index (χ1) is 16.5. The van der Waals surface area contributed by atoms with Crippen LogP contribution in [0.15, 0.2) is 97.1 Å². The molecule has 2 aliphatic carbocycles. The van der Waals surface area contributed by atoms with Gasteiger partial charge in [-0.05, 0) is 52.6 Å². The number of unbranched alkanes of at least 4 members (excludes halogenated alkanes) is 1. The van der Waals surface area contributed by atoms with E-state index in [0.717, 1.165) is 41.4 Å². The minimum absolute atomic E-state index is 0.350. The molecule has 2 aliphatic rings. The fraction of sp³-hybridized carbons (Fsp3) is 0.250. The zero-order valence-corrected chi connectivity index (χ0v) is 20.0. The molecule has 6 rings (SSSR count). The van der Waals surface area contributed by atoms with Crippen molar-refractivity contribution in [3.63, 3.8) is 0 Å². The van der Waals surface area contributed by atoms with Crippen molar-refractivity contribution >= 4 is 0 Å². The summed E-state index contributed by atoms with van der Waals surface area (Å²) in [5, 5.41) is 11.9. The molecular weight excluding hydrogens is 414 g/mol. The van der Waals surface area contributed by atoms with Crippen LogP contribution >= 0.6 is 0 Å². The lowest BCUT2D eigenvalue weighted by Gasteiger charge is -2.37. The maximum atomic E-state index is 11.9. The molecule has 0 amide bonds. The van der Waals surface area contributed by atoms with Gasteiger partial charge in [0.2, 0.25) is 0 Å². The van der Waals surface area contributed by atoms with E-state index in [9.17, 15) is 5.11 Å². The number of quaternary nitrogens is 1. The average molecular weight is 447 g/mol. The Hall–Kier alpha value is -3.20. The lowest BCUT2D eigenvalue weighted by molar-refractivity contribution is -0.915. The van der Waals surface area contributed by atoms with Crippen molar-refractivity contribution in [3.8, 4) is 22.3 Å². The molecule has 0 unspecified atom stereocenters. The first-order valence-corrected chi connectivity index (χ1v) is 12.4. The van der Waals surface area contributed by atoms with Gasteiger partial charge < -0.3 is 9.59 Å². The largest absolute Gasteiger partial charge is 0.380 e. The fourth-order valence-corrected chi connectivity index (χ4v) is 6.48. The van der Waals surface area contributed by atoms with Crippen LogP contribution in [0.25, 0.3) is 22.3 Å². The second kappa shape index (κ2) is 7.94. The van der Waals surface area contributed by atoms with Crippen LogP contribution < -0.4 is 0 Å². The summed E-state index contributed by atoms with van der Waals surface area (Å²) in [7, 11) is 4.72. The molecule has 34 heavy (non-hydrogen) atoms. The summed E-state index contributed by atoms with van der Waals surface area (Å²) in [6, 6.07) is 34.8. The predicted molar refractivity (Wildman–Crippen MR) is 139 cm³/mol. The number of hydrogen-bond acceptors (Lipinski definition) is 1. The standard InChI is InChI=1S/C32H32NO/c1-33(2,31-27-17-5-3-13-23(27)24-14-4-6-18-28(24)31)22-12-11-21-32(34)29-19-9-7-15-25(29)26-16-8-10-20-30(26)32/h3-10,13-20,31,34H,11-12,21-22H2,1-2H3/q+1. The van der Waals surface area contributed by atoms with Gasteiger partial charge in [-0.25, -0.2) is 0 Å². The zero-order chi connectivity index (χ0) is 23.3. The predicted octanol–water partition coefficient (Wildman–Crippen LogP) is 6.92. The van der Waals surface area contributed by atoms with Crippen molar-refractivity contribution in [2.24, 2.45) is 0 Å². The third-order valence-corrected chi connectivity index (χ3v) is 8.06. The van der Waals surface area contributed by atoms with Crippen molar-refractivity contribution in [1.29, 1.82) is 0 Å². The van der Waals surface area contributed by atoms with E-state index >= 15 is 0 Å². The second-order valence-electron chi connectivity index (χ2n) is 10.5. The highest BCUT2D eigenvalue weighted by Crippen LogP contribution is 2.50. The van der Waals surface area contributed by atoms with Crippen molar-refractivity contribution < 1.29 is 9.59 Å². The number of nitrogens with zero attached hydrogens (tertiary/aromatic N) is 1. The molecule has 0 aromatic heterocycles. The molecule has 0 aliphatic heterocycles. The van der Waals surface area contributed by atoms with Crippen LogP contribution in [0.2, 0.25) is 0 Å². The number of rotatable bonds is 6. The second-order valence-corrected chi connectivity index (χ2v) is 10.5. The third-order valence-electron chi connectivity index (χ3n) is 8.06. The average Bonchev–Trinajstić information content (AvgIpc) is 3.34. The lowest BCUT2D eigenvalue weighted by Crippen LogP contribution is -2.43. The number of benzene rings is 4. The summed E-state index contributed by atoms with van der Waals surface area (Å²) in [5.41, 5.74) is 9.21. The molecule has 4 aromatic carbocycles. The summed E-state index contributed by atoms with van der Waals surface area (Å²) < 4.78 is 0.916. The fourth-order valence-electron chi connectivity index (χ4n) is 6.48. The Labute approximate surface area is 202 Å². The first kappa shape index (κ1) is 21.3. The van der Waals surface area contributed by atoms with Crippen LogP contribution in [0.5, 0.6) is 0 Å². The summed E-state index contributed by atoms with van der Waals surface area (Å²) in [4.78, 5) is 0. The van der Waals surface area contributed by atoms with Crippen LogP contribution in [-0.2, 0) is 5.60 Å². The van der Waals surface area contributed by atoms with Gasteiger partial charge in [0, 0.05) is 11.1 Å². The van der Waals surface area contributed by atoms with Gasteiger partial charge >= 0.3 is 0 Å². The van der Waals surface area contributed by atoms with Crippen molar-refractivity contribution in [1.82, 2.24) is 0 Å². The number of fused-ring (bicyclic) bond motifs is 6. The third kappa shape index (κ3) is 3.17. The van der Waals surface area contributed by atoms with E-state index in [-0.39, 0.29) is 0 Å². The maximum Gasteiger partial charge on any atom is 0.141 e. The molecule has 4 aromatic rings. The Morgan fingerprint density at radius 1 is 0.618 bits per heavy atom. The first-order valence-electron chi connectivity index (χ1n) is 12.4. The molecule has 0 bridgehead atoms. The minimum Gasteiger partial charge on any atom is -0.380 e. The van der Waals surface area contributed by atoms with E-state index in [1.165, 1.54) is 33.4 Å². The summed E-state index contributed by atoms with van der Waals surface area (Å²) in [5.74, 6) is 0. The quantitative estimate of drug-likeness (QED) is 0.252. The Kier molecular flexibility index (Phi) is 4.98. The molecule has 0 heterocycles. The van der Waals surface area contributed by atoms with Crippen molar-refractivity contribution in [2.75, 3.05) is 20.6 Å². The van der Waals surface area contributed by atoms with E-state index in [1.807, 2.05) is 12.1 Å². The Morgan fingerprint density at radius 3 is 1.59 bits per heavy atom.